The molecule has 1 aromatic carbocycles. The molecule has 30 heavy (non-hydrogen) atoms. The van der Waals surface area contributed by atoms with Crippen molar-refractivity contribution >= 4 is 22.6 Å². The summed E-state index contributed by atoms with van der Waals surface area (Å²) in [6, 6.07) is 9.08. The van der Waals surface area contributed by atoms with Gasteiger partial charge in [0, 0.05) is 32.4 Å². The van der Waals surface area contributed by atoms with Gasteiger partial charge in [-0.25, -0.2) is 9.67 Å². The van der Waals surface area contributed by atoms with Crippen LogP contribution in [0.3, 0.4) is 0 Å². The largest absolute Gasteiger partial charge is 0.417 e. The molecule has 3 aromatic rings. The van der Waals surface area contributed by atoms with Crippen LogP contribution in [0.25, 0.3) is 10.9 Å². The Bertz CT molecular complexity index is 1120. The van der Waals surface area contributed by atoms with Gasteiger partial charge < -0.3 is 9.80 Å². The number of halogens is 3. The first-order chi connectivity index (χ1) is 14.3. The van der Waals surface area contributed by atoms with Crippen LogP contribution in [0.15, 0.2) is 47.4 Å². The lowest BCUT2D eigenvalue weighted by atomic mass is 10.2. The Morgan fingerprint density at radius 1 is 1.03 bits per heavy atom. The summed E-state index contributed by atoms with van der Waals surface area (Å²) in [5.74, 6) is 0.147. The Morgan fingerprint density at radius 3 is 2.43 bits per heavy atom. The normalized spacial score (nSPS) is 14.9. The average molecular weight is 418 g/mol. The molecule has 4 rings (SSSR count). The maximum Gasteiger partial charge on any atom is 0.417 e. The van der Waals surface area contributed by atoms with Gasteiger partial charge in [0.2, 0.25) is 5.91 Å². The SMILES string of the molecule is O=C(Cn1nnc2ccccc2c1=O)N1CCN(c2ccc(C(F)(F)F)cn2)CC1. The number of aromatic nitrogens is 4. The summed E-state index contributed by atoms with van der Waals surface area (Å²) in [5.41, 5.74) is -0.729. The molecule has 1 fully saturated rings. The van der Waals surface area contributed by atoms with Crippen molar-refractivity contribution in [3.05, 3.63) is 58.5 Å². The first-order valence-electron chi connectivity index (χ1n) is 9.21. The van der Waals surface area contributed by atoms with E-state index < -0.39 is 11.7 Å². The average Bonchev–Trinajstić information content (AvgIpc) is 2.75. The van der Waals surface area contributed by atoms with Crippen molar-refractivity contribution in [2.45, 2.75) is 12.7 Å². The van der Waals surface area contributed by atoms with Crippen molar-refractivity contribution in [2.75, 3.05) is 31.1 Å². The van der Waals surface area contributed by atoms with Gasteiger partial charge in [0.25, 0.3) is 5.56 Å². The molecule has 0 radical (unpaired) electrons. The van der Waals surface area contributed by atoms with Crippen LogP contribution in [0.4, 0.5) is 19.0 Å². The third-order valence-corrected chi connectivity index (χ3v) is 4.95. The highest BCUT2D eigenvalue weighted by molar-refractivity contribution is 5.78. The third-order valence-electron chi connectivity index (χ3n) is 4.95. The number of anilines is 1. The minimum absolute atomic E-state index is 0.227. The summed E-state index contributed by atoms with van der Waals surface area (Å²) in [6.45, 7) is 1.33. The molecule has 1 saturated heterocycles. The van der Waals surface area contributed by atoms with E-state index in [1.54, 1.807) is 29.2 Å². The summed E-state index contributed by atoms with van der Waals surface area (Å²) in [6.07, 6.45) is -3.63. The van der Waals surface area contributed by atoms with Crippen LogP contribution in [0.2, 0.25) is 0 Å². The van der Waals surface area contributed by atoms with Crippen molar-refractivity contribution in [1.82, 2.24) is 24.9 Å². The lowest BCUT2D eigenvalue weighted by molar-refractivity contribution is -0.138. The van der Waals surface area contributed by atoms with Crippen LogP contribution in [0.5, 0.6) is 0 Å². The monoisotopic (exact) mass is 418 g/mol. The van der Waals surface area contributed by atoms with Crippen molar-refractivity contribution in [2.24, 2.45) is 0 Å². The predicted molar refractivity (Wildman–Crippen MR) is 102 cm³/mol. The van der Waals surface area contributed by atoms with Gasteiger partial charge in [0.15, 0.2) is 0 Å². The molecule has 0 atom stereocenters. The van der Waals surface area contributed by atoms with Crippen LogP contribution >= 0.6 is 0 Å². The summed E-state index contributed by atoms with van der Waals surface area (Å²) < 4.78 is 39.0. The molecule has 1 aliphatic rings. The molecule has 0 unspecified atom stereocenters. The number of fused-ring (bicyclic) bond motifs is 1. The van der Waals surface area contributed by atoms with E-state index in [2.05, 4.69) is 15.3 Å². The zero-order valence-corrected chi connectivity index (χ0v) is 15.7. The second-order valence-corrected chi connectivity index (χ2v) is 6.84. The number of benzene rings is 1. The standard InChI is InChI=1S/C19H17F3N6O2/c20-19(21,22)13-5-6-16(23-11-13)26-7-9-27(10-8-26)17(29)12-28-18(30)14-3-1-2-4-15(14)24-25-28/h1-6,11H,7-10,12H2. The van der Waals surface area contributed by atoms with E-state index in [9.17, 15) is 22.8 Å². The predicted octanol–water partition coefficient (Wildman–Crippen LogP) is 1.55. The van der Waals surface area contributed by atoms with Gasteiger partial charge in [0.05, 0.1) is 10.9 Å². The number of carbonyl (C=O) groups is 1. The van der Waals surface area contributed by atoms with Gasteiger partial charge in [-0.15, -0.1) is 5.10 Å². The lowest BCUT2D eigenvalue weighted by Crippen LogP contribution is -2.50. The zero-order valence-electron chi connectivity index (χ0n) is 15.7. The Kier molecular flexibility index (Phi) is 5.10. The second-order valence-electron chi connectivity index (χ2n) is 6.84. The van der Waals surface area contributed by atoms with Crippen molar-refractivity contribution in [3.63, 3.8) is 0 Å². The van der Waals surface area contributed by atoms with Crippen LogP contribution in [-0.2, 0) is 17.5 Å². The van der Waals surface area contributed by atoms with Crippen LogP contribution in [0, 0.1) is 0 Å². The van der Waals surface area contributed by atoms with Crippen LogP contribution in [-0.4, -0.2) is 57.0 Å². The van der Waals surface area contributed by atoms with E-state index in [4.69, 9.17) is 0 Å². The summed E-state index contributed by atoms with van der Waals surface area (Å²) in [5, 5.41) is 8.18. The van der Waals surface area contributed by atoms with E-state index >= 15 is 0 Å². The molecule has 1 amide bonds. The Morgan fingerprint density at radius 2 is 1.77 bits per heavy atom. The molecule has 0 aliphatic carbocycles. The lowest BCUT2D eigenvalue weighted by Gasteiger charge is -2.35. The molecule has 156 valence electrons. The molecule has 1 aliphatic heterocycles. The molecule has 11 heteroatoms. The molecule has 0 N–H and O–H groups in total. The molecular formula is C19H17F3N6O2. The van der Waals surface area contributed by atoms with Gasteiger partial charge in [-0.3, -0.25) is 9.59 Å². The Balaban J connectivity index is 1.39. The van der Waals surface area contributed by atoms with Crippen molar-refractivity contribution in [3.8, 4) is 0 Å². The minimum Gasteiger partial charge on any atom is -0.353 e. The van der Waals surface area contributed by atoms with Crippen molar-refractivity contribution < 1.29 is 18.0 Å². The second kappa shape index (κ2) is 7.73. The van der Waals surface area contributed by atoms with E-state index in [1.807, 2.05) is 4.90 Å². The van der Waals surface area contributed by atoms with Gasteiger partial charge in [-0.2, -0.15) is 13.2 Å². The Hall–Kier alpha value is -3.50. The van der Waals surface area contributed by atoms with Crippen LogP contribution < -0.4 is 10.5 Å². The van der Waals surface area contributed by atoms with Gasteiger partial charge in [0.1, 0.15) is 17.9 Å². The van der Waals surface area contributed by atoms with Crippen molar-refractivity contribution in [1.29, 1.82) is 0 Å². The van der Waals surface area contributed by atoms with Crippen LogP contribution in [0.1, 0.15) is 5.56 Å². The number of hydrogen-bond donors (Lipinski definition) is 0. The van der Waals surface area contributed by atoms with Gasteiger partial charge in [-0.1, -0.05) is 17.3 Å². The third kappa shape index (κ3) is 3.95. The number of rotatable bonds is 3. The fourth-order valence-electron chi connectivity index (χ4n) is 3.28. The highest BCUT2D eigenvalue weighted by atomic mass is 19.4. The van der Waals surface area contributed by atoms with E-state index in [-0.39, 0.29) is 18.0 Å². The fourth-order valence-corrected chi connectivity index (χ4v) is 3.28. The summed E-state index contributed by atoms with van der Waals surface area (Å²) >= 11 is 0. The molecule has 3 heterocycles. The fraction of sp³-hybridized carbons (Fsp3) is 0.316. The quantitative estimate of drug-likeness (QED) is 0.642. The highest BCUT2D eigenvalue weighted by Gasteiger charge is 2.31. The summed E-state index contributed by atoms with van der Waals surface area (Å²) in [7, 11) is 0. The van der Waals surface area contributed by atoms with Gasteiger partial charge >= 0.3 is 6.18 Å². The molecular weight excluding hydrogens is 401 g/mol. The first kappa shape index (κ1) is 19.8. The van der Waals surface area contributed by atoms with E-state index in [1.165, 1.54) is 6.07 Å². The number of alkyl halides is 3. The molecule has 0 saturated carbocycles. The number of amides is 1. The van der Waals surface area contributed by atoms with E-state index in [0.717, 1.165) is 16.9 Å². The molecule has 0 spiro atoms. The number of piperazine rings is 1. The number of nitrogens with zero attached hydrogens (tertiary/aromatic N) is 6. The number of hydrogen-bond acceptors (Lipinski definition) is 6. The maximum atomic E-state index is 12.7. The van der Waals surface area contributed by atoms with E-state index in [0.29, 0.717) is 42.9 Å². The molecule has 2 aromatic heterocycles. The highest BCUT2D eigenvalue weighted by Crippen LogP contribution is 2.29. The summed E-state index contributed by atoms with van der Waals surface area (Å²) in [4.78, 5) is 32.4. The maximum absolute atomic E-state index is 12.7. The zero-order chi connectivity index (χ0) is 21.3. The Labute approximate surface area is 168 Å². The smallest absolute Gasteiger partial charge is 0.353 e. The molecule has 8 nitrogen and oxygen atoms in total. The first-order valence-corrected chi connectivity index (χ1v) is 9.21. The number of pyridine rings is 1. The minimum atomic E-state index is -4.43. The molecule has 0 bridgehead atoms. The van der Waals surface area contributed by atoms with Gasteiger partial charge in [-0.05, 0) is 24.3 Å². The number of carbonyl (C=O) groups excluding carboxylic acids is 1. The topological polar surface area (TPSA) is 84.2 Å².